The molecule has 1 atom stereocenters. The van der Waals surface area contributed by atoms with Crippen LogP contribution in [-0.4, -0.2) is 11.1 Å². The summed E-state index contributed by atoms with van der Waals surface area (Å²) < 4.78 is 0. The van der Waals surface area contributed by atoms with Crippen LogP contribution in [0.3, 0.4) is 0 Å². The van der Waals surface area contributed by atoms with Crippen LogP contribution in [0.4, 0.5) is 0 Å². The van der Waals surface area contributed by atoms with Crippen LogP contribution in [0.2, 0.25) is 0 Å². The molecule has 0 aliphatic rings. The zero-order chi connectivity index (χ0) is 12.8. The summed E-state index contributed by atoms with van der Waals surface area (Å²) in [6.07, 6.45) is 2.64. The molecule has 3 N–H and O–H groups in total. The molecule has 0 aliphatic carbocycles. The summed E-state index contributed by atoms with van der Waals surface area (Å²) in [6.45, 7) is 4.16. The molecule has 0 saturated carbocycles. The van der Waals surface area contributed by atoms with Gasteiger partial charge in [-0.2, -0.15) is 0 Å². The van der Waals surface area contributed by atoms with Gasteiger partial charge in [-0.25, -0.2) is 0 Å². The summed E-state index contributed by atoms with van der Waals surface area (Å²) in [6, 6.07) is 6.28. The number of hydrogen-bond acceptors (Lipinski definition) is 2. The highest BCUT2D eigenvalue weighted by molar-refractivity contribution is 5.66. The van der Waals surface area contributed by atoms with Crippen molar-refractivity contribution in [1.82, 2.24) is 0 Å². The maximum atomic E-state index is 10.4. The van der Waals surface area contributed by atoms with Gasteiger partial charge in [-0.1, -0.05) is 24.6 Å². The predicted molar refractivity (Wildman–Crippen MR) is 68.9 cm³/mol. The fraction of sp³-hybridized carbons (Fsp3) is 0.500. The Morgan fingerprint density at radius 1 is 1.29 bits per heavy atom. The van der Waals surface area contributed by atoms with Crippen LogP contribution in [-0.2, 0) is 4.79 Å². The third-order valence-corrected chi connectivity index (χ3v) is 3.11. The number of aliphatic carboxylic acids is 1. The quantitative estimate of drug-likeness (QED) is 0.745. The monoisotopic (exact) mass is 235 g/mol. The smallest absolute Gasteiger partial charge is 0.303 e. The lowest BCUT2D eigenvalue weighted by Crippen LogP contribution is -2.10. The van der Waals surface area contributed by atoms with Gasteiger partial charge in [0.2, 0.25) is 0 Å². The van der Waals surface area contributed by atoms with E-state index >= 15 is 0 Å². The molecule has 0 aromatic heterocycles. The molecule has 0 heterocycles. The molecule has 1 unspecified atom stereocenters. The van der Waals surface area contributed by atoms with Crippen molar-refractivity contribution >= 4 is 5.97 Å². The van der Waals surface area contributed by atoms with Crippen molar-refractivity contribution in [2.75, 3.05) is 0 Å². The molecule has 0 saturated heterocycles. The number of unbranched alkanes of at least 4 members (excludes halogenated alkanes) is 1. The van der Waals surface area contributed by atoms with Crippen molar-refractivity contribution in [1.29, 1.82) is 0 Å². The number of rotatable bonds is 6. The molecule has 1 aromatic carbocycles. The maximum absolute atomic E-state index is 10.4. The highest BCUT2D eigenvalue weighted by Crippen LogP contribution is 2.20. The number of carboxylic acid groups (broad SMARTS) is 1. The Kier molecular flexibility index (Phi) is 5.16. The Hall–Kier alpha value is -1.35. The molecule has 0 radical (unpaired) electrons. The highest BCUT2D eigenvalue weighted by Gasteiger charge is 2.07. The minimum atomic E-state index is -0.732. The number of carbonyl (C=O) groups is 1. The van der Waals surface area contributed by atoms with E-state index in [9.17, 15) is 4.79 Å². The minimum Gasteiger partial charge on any atom is -0.481 e. The van der Waals surface area contributed by atoms with Crippen LogP contribution in [0.25, 0.3) is 0 Å². The number of hydrogen-bond donors (Lipinski definition) is 2. The SMILES string of the molecule is Cc1ccc(C(N)CCCCC(=O)O)cc1C. The summed E-state index contributed by atoms with van der Waals surface area (Å²) in [5, 5.41) is 8.53. The van der Waals surface area contributed by atoms with E-state index in [-0.39, 0.29) is 12.5 Å². The summed E-state index contributed by atoms with van der Waals surface area (Å²) >= 11 is 0. The van der Waals surface area contributed by atoms with Crippen molar-refractivity contribution in [3.8, 4) is 0 Å². The second-order valence-corrected chi connectivity index (χ2v) is 4.59. The predicted octanol–water partition coefficient (Wildman–Crippen LogP) is 2.95. The third kappa shape index (κ3) is 4.57. The first-order valence-electron chi connectivity index (χ1n) is 6.05. The Labute approximate surface area is 103 Å². The lowest BCUT2D eigenvalue weighted by Gasteiger charge is -2.13. The topological polar surface area (TPSA) is 63.3 Å². The summed E-state index contributed by atoms with van der Waals surface area (Å²) in [7, 11) is 0. The first-order chi connectivity index (χ1) is 8.00. The van der Waals surface area contributed by atoms with Gasteiger partial charge in [0.25, 0.3) is 0 Å². The Morgan fingerprint density at radius 2 is 2.00 bits per heavy atom. The fourth-order valence-electron chi connectivity index (χ4n) is 1.80. The fourth-order valence-corrected chi connectivity index (χ4v) is 1.80. The molecule has 0 bridgehead atoms. The molecule has 0 aliphatic heterocycles. The number of nitrogens with two attached hydrogens (primary N) is 1. The van der Waals surface area contributed by atoms with Gasteiger partial charge in [0.1, 0.15) is 0 Å². The molecule has 1 aromatic rings. The van der Waals surface area contributed by atoms with Crippen molar-refractivity contribution in [3.05, 3.63) is 34.9 Å². The summed E-state index contributed by atoms with van der Waals surface area (Å²) in [5.74, 6) is -0.732. The van der Waals surface area contributed by atoms with E-state index in [4.69, 9.17) is 10.8 Å². The van der Waals surface area contributed by atoms with Crippen LogP contribution in [0.15, 0.2) is 18.2 Å². The van der Waals surface area contributed by atoms with Crippen molar-refractivity contribution in [2.45, 2.75) is 45.6 Å². The van der Waals surface area contributed by atoms with Gasteiger partial charge < -0.3 is 10.8 Å². The average Bonchev–Trinajstić information content (AvgIpc) is 2.27. The van der Waals surface area contributed by atoms with Crippen LogP contribution in [0.5, 0.6) is 0 Å². The molecule has 94 valence electrons. The second kappa shape index (κ2) is 6.40. The molecular formula is C14H21NO2. The zero-order valence-corrected chi connectivity index (χ0v) is 10.6. The summed E-state index contributed by atoms with van der Waals surface area (Å²) in [4.78, 5) is 10.4. The van der Waals surface area contributed by atoms with Crippen LogP contribution >= 0.6 is 0 Å². The lowest BCUT2D eigenvalue weighted by atomic mass is 9.98. The first-order valence-corrected chi connectivity index (χ1v) is 6.05. The van der Waals surface area contributed by atoms with E-state index in [0.717, 1.165) is 18.4 Å². The van der Waals surface area contributed by atoms with Gasteiger partial charge in [-0.3, -0.25) is 4.79 Å². The van der Waals surface area contributed by atoms with Crippen LogP contribution < -0.4 is 5.73 Å². The molecular weight excluding hydrogens is 214 g/mol. The first kappa shape index (κ1) is 13.7. The molecule has 0 spiro atoms. The summed E-state index contributed by atoms with van der Waals surface area (Å²) in [5.41, 5.74) is 9.75. The largest absolute Gasteiger partial charge is 0.481 e. The average molecular weight is 235 g/mol. The van der Waals surface area contributed by atoms with Gasteiger partial charge in [-0.05, 0) is 43.4 Å². The van der Waals surface area contributed by atoms with Gasteiger partial charge in [-0.15, -0.1) is 0 Å². The molecule has 3 heteroatoms. The Balaban J connectivity index is 2.44. The molecule has 0 amide bonds. The van der Waals surface area contributed by atoms with Crippen molar-refractivity contribution < 1.29 is 9.90 Å². The van der Waals surface area contributed by atoms with Crippen molar-refractivity contribution in [2.24, 2.45) is 5.73 Å². The van der Waals surface area contributed by atoms with E-state index in [2.05, 4.69) is 32.0 Å². The number of carboxylic acids is 1. The van der Waals surface area contributed by atoms with Gasteiger partial charge in [0.05, 0.1) is 0 Å². The third-order valence-electron chi connectivity index (χ3n) is 3.11. The van der Waals surface area contributed by atoms with Crippen LogP contribution in [0.1, 0.15) is 48.4 Å². The second-order valence-electron chi connectivity index (χ2n) is 4.59. The molecule has 0 fully saturated rings. The Bertz CT molecular complexity index is 388. The van der Waals surface area contributed by atoms with Gasteiger partial charge >= 0.3 is 5.97 Å². The van der Waals surface area contributed by atoms with E-state index in [1.54, 1.807) is 0 Å². The van der Waals surface area contributed by atoms with Gasteiger partial charge in [0, 0.05) is 12.5 Å². The van der Waals surface area contributed by atoms with Gasteiger partial charge in [0.15, 0.2) is 0 Å². The standard InChI is InChI=1S/C14H21NO2/c1-10-7-8-12(9-11(10)2)13(15)5-3-4-6-14(16)17/h7-9,13H,3-6,15H2,1-2H3,(H,16,17). The van der Waals surface area contributed by atoms with E-state index in [1.165, 1.54) is 11.1 Å². The van der Waals surface area contributed by atoms with E-state index < -0.39 is 5.97 Å². The maximum Gasteiger partial charge on any atom is 0.303 e. The van der Waals surface area contributed by atoms with E-state index in [0.29, 0.717) is 6.42 Å². The van der Waals surface area contributed by atoms with Crippen LogP contribution in [0, 0.1) is 13.8 Å². The zero-order valence-electron chi connectivity index (χ0n) is 10.6. The minimum absolute atomic E-state index is 0.0168. The molecule has 1 rings (SSSR count). The number of benzene rings is 1. The van der Waals surface area contributed by atoms with E-state index in [1.807, 2.05) is 0 Å². The normalized spacial score (nSPS) is 12.4. The molecule has 17 heavy (non-hydrogen) atoms. The molecule has 3 nitrogen and oxygen atoms in total. The highest BCUT2D eigenvalue weighted by atomic mass is 16.4. The Morgan fingerprint density at radius 3 is 2.59 bits per heavy atom. The lowest BCUT2D eigenvalue weighted by molar-refractivity contribution is -0.137. The number of aryl methyl sites for hydroxylation is 2. The van der Waals surface area contributed by atoms with Crippen molar-refractivity contribution in [3.63, 3.8) is 0 Å².